The molecular weight excluding hydrogens is 354 g/mol. The Hall–Kier alpha value is -3.03. The van der Waals surface area contributed by atoms with Crippen molar-refractivity contribution < 1.29 is 10.2 Å². The van der Waals surface area contributed by atoms with Crippen molar-refractivity contribution in [2.45, 2.75) is 18.4 Å². The molecule has 0 amide bonds. The van der Waals surface area contributed by atoms with E-state index in [0.29, 0.717) is 17.8 Å². The van der Waals surface area contributed by atoms with E-state index >= 15 is 0 Å². The van der Waals surface area contributed by atoms with Crippen molar-refractivity contribution in [3.63, 3.8) is 0 Å². The van der Waals surface area contributed by atoms with Crippen LogP contribution in [0.15, 0.2) is 42.6 Å². The maximum absolute atomic E-state index is 10.4. The molecule has 28 heavy (non-hydrogen) atoms. The normalized spacial score (nSPS) is 20.1. The zero-order chi connectivity index (χ0) is 19.3. The molecule has 0 saturated carbocycles. The van der Waals surface area contributed by atoms with Crippen LogP contribution in [-0.4, -0.2) is 49.2 Å². The van der Waals surface area contributed by atoms with Gasteiger partial charge in [-0.05, 0) is 43.3 Å². The number of hydrogen-bond donors (Lipinski definition) is 3. The number of benzene rings is 1. The van der Waals surface area contributed by atoms with Crippen molar-refractivity contribution >= 4 is 21.9 Å². The molecule has 2 atom stereocenters. The molecular formula is C21H21N5O2. The summed E-state index contributed by atoms with van der Waals surface area (Å²) >= 11 is 0. The smallest absolute Gasteiger partial charge is 0.127 e. The predicted molar refractivity (Wildman–Crippen MR) is 107 cm³/mol. The van der Waals surface area contributed by atoms with Crippen molar-refractivity contribution in [1.82, 2.24) is 25.1 Å². The fourth-order valence-corrected chi connectivity index (χ4v) is 3.96. The molecule has 0 radical (unpaired) electrons. The zero-order valence-electron chi connectivity index (χ0n) is 15.5. The first kappa shape index (κ1) is 17.1. The van der Waals surface area contributed by atoms with Crippen molar-refractivity contribution in [3.8, 4) is 17.0 Å². The zero-order valence-corrected chi connectivity index (χ0v) is 15.5. The largest absolute Gasteiger partial charge is 0.507 e. The van der Waals surface area contributed by atoms with E-state index in [0.717, 1.165) is 40.6 Å². The number of aliphatic hydroxyl groups excluding tert-OH is 1. The van der Waals surface area contributed by atoms with E-state index in [-0.39, 0.29) is 11.7 Å². The summed E-state index contributed by atoms with van der Waals surface area (Å²) in [6.07, 6.45) is 2.36. The highest BCUT2D eigenvalue weighted by molar-refractivity contribution is 5.88. The van der Waals surface area contributed by atoms with Gasteiger partial charge in [0.25, 0.3) is 0 Å². The summed E-state index contributed by atoms with van der Waals surface area (Å²) < 4.78 is 1.72. The average Bonchev–Trinajstić information content (AvgIpc) is 3.06. The molecule has 4 aromatic rings. The molecule has 7 heteroatoms. The fraction of sp³-hybridized carbons (Fsp3) is 0.286. The van der Waals surface area contributed by atoms with Gasteiger partial charge in [0.05, 0.1) is 28.3 Å². The Kier molecular flexibility index (Phi) is 3.99. The molecule has 1 unspecified atom stereocenters. The van der Waals surface area contributed by atoms with Crippen molar-refractivity contribution in [3.05, 3.63) is 48.3 Å². The third-order valence-electron chi connectivity index (χ3n) is 5.41. The summed E-state index contributed by atoms with van der Waals surface area (Å²) in [6.45, 7) is 1.48. The Morgan fingerprint density at radius 3 is 2.75 bits per heavy atom. The third kappa shape index (κ3) is 2.89. The minimum atomic E-state index is -0.422. The van der Waals surface area contributed by atoms with Gasteiger partial charge in [0.15, 0.2) is 0 Å². The molecule has 1 fully saturated rings. The van der Waals surface area contributed by atoms with Crippen LogP contribution in [0.5, 0.6) is 5.75 Å². The quantitative estimate of drug-likeness (QED) is 0.498. The molecule has 4 heterocycles. The molecule has 0 aliphatic carbocycles. The number of aromatic nitrogens is 4. The third-order valence-corrected chi connectivity index (χ3v) is 5.41. The SMILES string of the molecule is Cn1cc2cc(-c3ccc4nc(C5CCNC[C@@H]5O)ccc4n3)c(O)cc2n1. The van der Waals surface area contributed by atoms with E-state index in [1.165, 1.54) is 0 Å². The minimum absolute atomic E-state index is 0.0439. The van der Waals surface area contributed by atoms with E-state index in [4.69, 9.17) is 9.97 Å². The lowest BCUT2D eigenvalue weighted by Gasteiger charge is -2.27. The van der Waals surface area contributed by atoms with Gasteiger partial charge >= 0.3 is 0 Å². The Labute approximate surface area is 161 Å². The average molecular weight is 375 g/mol. The van der Waals surface area contributed by atoms with Crippen molar-refractivity contribution in [2.24, 2.45) is 7.05 Å². The highest BCUT2D eigenvalue weighted by Gasteiger charge is 2.25. The van der Waals surface area contributed by atoms with E-state index in [1.807, 2.05) is 43.6 Å². The number of phenols is 1. The van der Waals surface area contributed by atoms with Crippen LogP contribution < -0.4 is 5.32 Å². The van der Waals surface area contributed by atoms with Crippen LogP contribution >= 0.6 is 0 Å². The summed E-state index contributed by atoms with van der Waals surface area (Å²) in [5.41, 5.74) is 4.55. The molecule has 3 aromatic heterocycles. The number of piperidine rings is 1. The van der Waals surface area contributed by atoms with Gasteiger partial charge in [-0.3, -0.25) is 9.67 Å². The number of aliphatic hydroxyl groups is 1. The van der Waals surface area contributed by atoms with Crippen LogP contribution in [-0.2, 0) is 7.05 Å². The van der Waals surface area contributed by atoms with Gasteiger partial charge in [0.1, 0.15) is 5.75 Å². The van der Waals surface area contributed by atoms with Crippen molar-refractivity contribution in [2.75, 3.05) is 13.1 Å². The summed E-state index contributed by atoms with van der Waals surface area (Å²) in [7, 11) is 1.85. The number of β-amino-alcohol motifs (C(OH)–C–C–N with tert-alkyl or cyclic N) is 1. The summed E-state index contributed by atoms with van der Waals surface area (Å²) in [5.74, 6) is 0.197. The monoisotopic (exact) mass is 375 g/mol. The second kappa shape index (κ2) is 6.54. The molecule has 0 bridgehead atoms. The number of phenolic OH excluding ortho intramolecular Hbond substituents is 1. The van der Waals surface area contributed by atoms with Gasteiger partial charge in [0.2, 0.25) is 0 Å². The first-order valence-corrected chi connectivity index (χ1v) is 9.42. The molecule has 3 N–H and O–H groups in total. The number of aromatic hydroxyl groups is 1. The summed E-state index contributed by atoms with van der Waals surface area (Å²) in [5, 5.41) is 29.2. The van der Waals surface area contributed by atoms with Gasteiger partial charge < -0.3 is 15.5 Å². The number of nitrogens with one attached hydrogen (secondary N) is 1. The van der Waals surface area contributed by atoms with Gasteiger partial charge in [-0.1, -0.05) is 0 Å². The number of pyridine rings is 2. The van der Waals surface area contributed by atoms with Gasteiger partial charge in [-0.2, -0.15) is 5.10 Å². The molecule has 142 valence electrons. The highest BCUT2D eigenvalue weighted by atomic mass is 16.3. The first-order chi connectivity index (χ1) is 13.6. The Balaban J connectivity index is 1.55. The van der Waals surface area contributed by atoms with E-state index in [1.54, 1.807) is 10.7 Å². The molecule has 1 aliphatic heterocycles. The molecule has 0 spiro atoms. The van der Waals surface area contributed by atoms with E-state index < -0.39 is 6.10 Å². The fourth-order valence-electron chi connectivity index (χ4n) is 3.96. The van der Waals surface area contributed by atoms with Crippen LogP contribution in [0.25, 0.3) is 33.2 Å². The van der Waals surface area contributed by atoms with Crippen LogP contribution in [0, 0.1) is 0 Å². The molecule has 7 nitrogen and oxygen atoms in total. The second-order valence-electron chi connectivity index (χ2n) is 7.37. The van der Waals surface area contributed by atoms with E-state index in [9.17, 15) is 10.2 Å². The predicted octanol–water partition coefficient (Wildman–Crippen LogP) is 2.33. The van der Waals surface area contributed by atoms with Crippen LogP contribution in [0.4, 0.5) is 0 Å². The molecule has 1 aliphatic rings. The lowest BCUT2D eigenvalue weighted by Crippen LogP contribution is -2.39. The summed E-state index contributed by atoms with van der Waals surface area (Å²) in [4.78, 5) is 9.43. The second-order valence-corrected chi connectivity index (χ2v) is 7.37. The van der Waals surface area contributed by atoms with Crippen LogP contribution in [0.1, 0.15) is 18.0 Å². The number of hydrogen-bond acceptors (Lipinski definition) is 6. The lowest BCUT2D eigenvalue weighted by atomic mass is 9.91. The molecule has 5 rings (SSSR count). The van der Waals surface area contributed by atoms with Gasteiger partial charge in [-0.15, -0.1) is 0 Å². The van der Waals surface area contributed by atoms with Gasteiger partial charge in [0, 0.05) is 48.4 Å². The maximum atomic E-state index is 10.4. The number of fused-ring (bicyclic) bond motifs is 2. The van der Waals surface area contributed by atoms with Gasteiger partial charge in [-0.25, -0.2) is 4.98 Å². The molecule has 1 aromatic carbocycles. The highest BCUT2D eigenvalue weighted by Crippen LogP contribution is 2.33. The Morgan fingerprint density at radius 2 is 1.89 bits per heavy atom. The number of nitrogens with zero attached hydrogens (tertiary/aromatic N) is 4. The minimum Gasteiger partial charge on any atom is -0.507 e. The first-order valence-electron chi connectivity index (χ1n) is 9.42. The lowest BCUT2D eigenvalue weighted by molar-refractivity contribution is 0.117. The Morgan fingerprint density at radius 1 is 1.07 bits per heavy atom. The van der Waals surface area contributed by atoms with Crippen molar-refractivity contribution in [1.29, 1.82) is 0 Å². The van der Waals surface area contributed by atoms with Crippen LogP contribution in [0.2, 0.25) is 0 Å². The summed E-state index contributed by atoms with van der Waals surface area (Å²) in [6, 6.07) is 11.2. The van der Waals surface area contributed by atoms with Crippen LogP contribution in [0.3, 0.4) is 0 Å². The standard InChI is InChI=1S/C21H21N5O2/c1-26-11-12-8-14(20(27)9-19(12)25-26)16-3-5-17-18(24-16)4-2-15(23-17)13-6-7-22-10-21(13)28/h2-5,8-9,11,13,21-22,27-28H,6-7,10H2,1H3/t13?,21-/m0/s1. The number of aryl methyl sites for hydroxylation is 1. The maximum Gasteiger partial charge on any atom is 0.127 e. The number of rotatable bonds is 2. The molecule has 1 saturated heterocycles. The van der Waals surface area contributed by atoms with E-state index in [2.05, 4.69) is 10.4 Å². The Bertz CT molecular complexity index is 1190. The topological polar surface area (TPSA) is 96.1 Å².